The summed E-state index contributed by atoms with van der Waals surface area (Å²) in [6.07, 6.45) is -4.63. The lowest BCUT2D eigenvalue weighted by molar-refractivity contribution is -0.144. The third kappa shape index (κ3) is 3.94. The monoisotopic (exact) mass is 293 g/mol. The highest BCUT2D eigenvalue weighted by atomic mass is 19.4. The Hall–Kier alpha value is -1.61. The number of rotatable bonds is 6. The van der Waals surface area contributed by atoms with Crippen molar-refractivity contribution in [2.75, 3.05) is 30.6 Å². The molecule has 0 amide bonds. The Labute approximate surface area is 115 Å². The van der Waals surface area contributed by atoms with Crippen LogP contribution in [0, 0.1) is 0 Å². The van der Waals surface area contributed by atoms with E-state index >= 15 is 0 Å². The molecule has 0 aliphatic carbocycles. The Morgan fingerprint density at radius 3 is 2.55 bits per heavy atom. The molecule has 1 atom stereocenters. The topological polar surface area (TPSA) is 76.3 Å². The van der Waals surface area contributed by atoms with Gasteiger partial charge in [-0.25, -0.2) is 15.8 Å². The van der Waals surface area contributed by atoms with Gasteiger partial charge in [0.15, 0.2) is 0 Å². The first-order chi connectivity index (χ1) is 9.33. The summed E-state index contributed by atoms with van der Waals surface area (Å²) in [6.45, 7) is 4.49. The number of nitrogen functional groups attached to an aromatic ring is 1. The Morgan fingerprint density at radius 2 is 2.10 bits per heavy atom. The fourth-order valence-electron chi connectivity index (χ4n) is 1.81. The van der Waals surface area contributed by atoms with Crippen molar-refractivity contribution >= 4 is 11.6 Å². The van der Waals surface area contributed by atoms with Crippen LogP contribution >= 0.6 is 0 Å². The smallest absolute Gasteiger partial charge is 0.383 e. The van der Waals surface area contributed by atoms with Crippen molar-refractivity contribution in [1.82, 2.24) is 9.97 Å². The summed E-state index contributed by atoms with van der Waals surface area (Å²) in [4.78, 5) is 8.56. The number of alkyl halides is 3. The lowest BCUT2D eigenvalue weighted by atomic mass is 10.3. The molecule has 1 aromatic rings. The molecule has 0 fully saturated rings. The molecule has 1 heterocycles. The molecule has 0 aliphatic heterocycles. The predicted molar refractivity (Wildman–Crippen MR) is 69.2 cm³/mol. The zero-order valence-electron chi connectivity index (χ0n) is 11.5. The summed E-state index contributed by atoms with van der Waals surface area (Å²) in [5.41, 5.74) is 2.12. The van der Waals surface area contributed by atoms with Crippen molar-refractivity contribution in [1.29, 1.82) is 0 Å². The second-order valence-corrected chi connectivity index (χ2v) is 4.17. The number of halogens is 3. The summed E-state index contributed by atoms with van der Waals surface area (Å²) in [6, 6.07) is 1.23. The molecular weight excluding hydrogens is 275 g/mol. The van der Waals surface area contributed by atoms with Gasteiger partial charge in [-0.15, -0.1) is 0 Å². The molecule has 6 nitrogen and oxygen atoms in total. The second kappa shape index (κ2) is 6.71. The van der Waals surface area contributed by atoms with E-state index in [4.69, 9.17) is 10.6 Å². The number of hydrogen-bond donors (Lipinski definition) is 2. The van der Waals surface area contributed by atoms with Crippen LogP contribution in [0.15, 0.2) is 6.07 Å². The van der Waals surface area contributed by atoms with Crippen LogP contribution in [0.2, 0.25) is 0 Å². The van der Waals surface area contributed by atoms with Crippen molar-refractivity contribution in [3.8, 4) is 0 Å². The molecule has 3 N–H and O–H groups in total. The SMILES string of the molecule is CCN(c1cc(NN)nc(C(F)(F)F)n1)C(C)COC. The Bertz CT molecular complexity index is 441. The average molecular weight is 293 g/mol. The minimum Gasteiger partial charge on any atom is -0.383 e. The third-order valence-electron chi connectivity index (χ3n) is 2.69. The summed E-state index contributed by atoms with van der Waals surface area (Å²) in [5, 5.41) is 0. The van der Waals surface area contributed by atoms with Gasteiger partial charge < -0.3 is 15.1 Å². The Morgan fingerprint density at radius 1 is 1.45 bits per heavy atom. The van der Waals surface area contributed by atoms with E-state index in [9.17, 15) is 13.2 Å². The van der Waals surface area contributed by atoms with Gasteiger partial charge >= 0.3 is 6.18 Å². The highest BCUT2D eigenvalue weighted by Crippen LogP contribution is 2.29. The minimum absolute atomic E-state index is 0.0922. The van der Waals surface area contributed by atoms with E-state index in [-0.39, 0.29) is 17.7 Å². The second-order valence-electron chi connectivity index (χ2n) is 4.17. The fraction of sp³-hybridized carbons (Fsp3) is 0.636. The van der Waals surface area contributed by atoms with E-state index in [0.29, 0.717) is 13.2 Å². The molecule has 1 rings (SSSR count). The van der Waals surface area contributed by atoms with Gasteiger partial charge in [0.25, 0.3) is 0 Å². The molecule has 0 bridgehead atoms. The predicted octanol–water partition coefficient (Wildman–Crippen LogP) is 1.64. The van der Waals surface area contributed by atoms with Crippen LogP contribution in [0.3, 0.4) is 0 Å². The zero-order chi connectivity index (χ0) is 15.3. The summed E-state index contributed by atoms with van der Waals surface area (Å²) in [7, 11) is 1.53. The highest BCUT2D eigenvalue weighted by Gasteiger charge is 2.36. The van der Waals surface area contributed by atoms with Crippen molar-refractivity contribution in [3.05, 3.63) is 11.9 Å². The maximum atomic E-state index is 12.8. The van der Waals surface area contributed by atoms with Crippen molar-refractivity contribution in [2.24, 2.45) is 5.84 Å². The molecule has 20 heavy (non-hydrogen) atoms. The van der Waals surface area contributed by atoms with E-state index < -0.39 is 12.0 Å². The lowest BCUT2D eigenvalue weighted by Gasteiger charge is -2.29. The van der Waals surface area contributed by atoms with E-state index in [2.05, 4.69) is 15.4 Å². The molecular formula is C11H18F3N5O. The number of likely N-dealkylation sites (N-methyl/N-ethyl adjacent to an activating group) is 1. The van der Waals surface area contributed by atoms with Crippen LogP contribution in [0.25, 0.3) is 0 Å². The summed E-state index contributed by atoms with van der Waals surface area (Å²) < 4.78 is 43.3. The molecule has 0 aliphatic rings. The number of anilines is 2. The molecule has 1 unspecified atom stereocenters. The quantitative estimate of drug-likeness (QED) is 0.613. The maximum absolute atomic E-state index is 12.8. The van der Waals surface area contributed by atoms with Gasteiger partial charge in [0.05, 0.1) is 12.6 Å². The van der Waals surface area contributed by atoms with Gasteiger partial charge in [0.1, 0.15) is 11.6 Å². The number of aromatic nitrogens is 2. The van der Waals surface area contributed by atoms with Crippen molar-refractivity contribution in [3.63, 3.8) is 0 Å². The highest BCUT2D eigenvalue weighted by molar-refractivity contribution is 5.49. The van der Waals surface area contributed by atoms with Gasteiger partial charge in [-0.2, -0.15) is 13.2 Å². The minimum atomic E-state index is -4.63. The number of hydrogen-bond acceptors (Lipinski definition) is 6. The van der Waals surface area contributed by atoms with E-state index in [1.54, 1.807) is 4.90 Å². The molecule has 0 saturated carbocycles. The Balaban J connectivity index is 3.21. The third-order valence-corrected chi connectivity index (χ3v) is 2.69. The fourth-order valence-corrected chi connectivity index (χ4v) is 1.81. The number of hydrazine groups is 1. The van der Waals surface area contributed by atoms with Gasteiger partial charge in [0, 0.05) is 19.7 Å². The van der Waals surface area contributed by atoms with Crippen LogP contribution in [0.4, 0.5) is 24.8 Å². The molecule has 9 heteroatoms. The maximum Gasteiger partial charge on any atom is 0.451 e. The van der Waals surface area contributed by atoms with Crippen LogP contribution in [0.1, 0.15) is 19.7 Å². The summed E-state index contributed by atoms with van der Waals surface area (Å²) >= 11 is 0. The van der Waals surface area contributed by atoms with Crippen molar-refractivity contribution in [2.45, 2.75) is 26.1 Å². The van der Waals surface area contributed by atoms with Gasteiger partial charge in [-0.3, -0.25) is 0 Å². The first-order valence-electron chi connectivity index (χ1n) is 6.02. The van der Waals surface area contributed by atoms with Crippen LogP contribution < -0.4 is 16.2 Å². The molecule has 0 saturated heterocycles. The Kier molecular flexibility index (Phi) is 5.52. The first kappa shape index (κ1) is 16.4. The number of ether oxygens (including phenoxy) is 1. The number of nitrogens with zero attached hydrogens (tertiary/aromatic N) is 3. The van der Waals surface area contributed by atoms with Gasteiger partial charge in [-0.05, 0) is 13.8 Å². The van der Waals surface area contributed by atoms with Crippen LogP contribution in [-0.4, -0.2) is 36.3 Å². The van der Waals surface area contributed by atoms with Crippen molar-refractivity contribution < 1.29 is 17.9 Å². The largest absolute Gasteiger partial charge is 0.451 e. The average Bonchev–Trinajstić information content (AvgIpc) is 2.38. The number of nitrogens with two attached hydrogens (primary N) is 1. The number of nitrogens with one attached hydrogen (secondary N) is 1. The lowest BCUT2D eigenvalue weighted by Crippen LogP contribution is -2.37. The van der Waals surface area contributed by atoms with Crippen LogP contribution in [0.5, 0.6) is 0 Å². The van der Waals surface area contributed by atoms with E-state index in [1.807, 2.05) is 13.8 Å². The van der Waals surface area contributed by atoms with Gasteiger partial charge in [-0.1, -0.05) is 0 Å². The summed E-state index contributed by atoms with van der Waals surface area (Å²) in [5.74, 6) is 3.98. The molecule has 114 valence electrons. The van der Waals surface area contributed by atoms with E-state index in [0.717, 1.165) is 0 Å². The van der Waals surface area contributed by atoms with Gasteiger partial charge in [0.2, 0.25) is 5.82 Å². The normalized spacial score (nSPS) is 13.2. The standard InChI is InChI=1S/C11H18F3N5O/c1-4-19(7(2)6-20-3)9-5-8(18-15)16-10(17-9)11(12,13)14/h5,7H,4,6,15H2,1-3H3,(H,16,17,18). The van der Waals surface area contributed by atoms with Crippen LogP contribution in [-0.2, 0) is 10.9 Å². The van der Waals surface area contributed by atoms with E-state index in [1.165, 1.54) is 13.2 Å². The molecule has 0 spiro atoms. The molecule has 0 aromatic carbocycles. The molecule has 0 radical (unpaired) electrons. The first-order valence-corrected chi connectivity index (χ1v) is 6.02. The molecule has 1 aromatic heterocycles. The zero-order valence-corrected chi connectivity index (χ0v) is 11.5. The number of methoxy groups -OCH3 is 1.